The molecule has 0 saturated carbocycles. The summed E-state index contributed by atoms with van der Waals surface area (Å²) < 4.78 is 0. The molecule has 0 spiro atoms. The highest BCUT2D eigenvalue weighted by molar-refractivity contribution is 5.95. The Bertz CT molecular complexity index is 1150. The summed E-state index contributed by atoms with van der Waals surface area (Å²) in [6.45, 7) is 3.39. The van der Waals surface area contributed by atoms with Crippen LogP contribution in [0.3, 0.4) is 0 Å². The van der Waals surface area contributed by atoms with E-state index in [-0.39, 0.29) is 17.4 Å². The first-order valence-electron chi connectivity index (χ1n) is 9.98. The van der Waals surface area contributed by atoms with Crippen molar-refractivity contribution in [3.8, 4) is 0 Å². The second-order valence-corrected chi connectivity index (χ2v) is 7.34. The molecule has 1 aliphatic rings. The lowest BCUT2D eigenvalue weighted by Gasteiger charge is -2.14. The van der Waals surface area contributed by atoms with Gasteiger partial charge >= 0.3 is 0 Å². The van der Waals surface area contributed by atoms with E-state index in [2.05, 4.69) is 20.7 Å². The van der Waals surface area contributed by atoms with Gasteiger partial charge in [0, 0.05) is 43.8 Å². The van der Waals surface area contributed by atoms with Crippen molar-refractivity contribution in [2.24, 2.45) is 5.10 Å². The molecule has 2 aromatic heterocycles. The smallest absolute Gasteiger partial charge is 0.259 e. The number of carbonyl (C=O) groups is 1. The molecule has 0 bridgehead atoms. The molecule has 1 aliphatic heterocycles. The maximum Gasteiger partial charge on any atom is 0.259 e. The van der Waals surface area contributed by atoms with Crippen LogP contribution in [0.2, 0.25) is 0 Å². The lowest BCUT2D eigenvalue weighted by molar-refractivity contribution is 0.0953. The van der Waals surface area contributed by atoms with Gasteiger partial charge in [0.25, 0.3) is 11.5 Å². The predicted octanol–water partition coefficient (Wildman–Crippen LogP) is 2.82. The monoisotopic (exact) mass is 404 g/mol. The van der Waals surface area contributed by atoms with Gasteiger partial charge in [-0.2, -0.15) is 5.10 Å². The standard InChI is InChI=1S/C22H24N6O2/c1-3-9-23-21(29)14-4-6-17(7-5-14)26-20-19-15(8-10-24-22(19)30)11-18(27-20)16-12-25-28(2)13-16/h4-8,10-12,16H,3,9,13H2,1-2H3,(H,23,29)(H,24,30)(H,26,27). The fourth-order valence-electron chi connectivity index (χ4n) is 3.44. The molecule has 154 valence electrons. The van der Waals surface area contributed by atoms with E-state index in [0.717, 1.165) is 29.7 Å². The van der Waals surface area contributed by atoms with Crippen LogP contribution in [-0.4, -0.2) is 47.2 Å². The Morgan fingerprint density at radius 1 is 1.27 bits per heavy atom. The number of nitrogens with one attached hydrogen (secondary N) is 3. The molecule has 1 unspecified atom stereocenters. The first-order chi connectivity index (χ1) is 14.5. The average Bonchev–Trinajstić information content (AvgIpc) is 3.19. The molecule has 3 heterocycles. The minimum absolute atomic E-state index is 0.0591. The van der Waals surface area contributed by atoms with Crippen molar-refractivity contribution in [3.63, 3.8) is 0 Å². The number of hydrazone groups is 1. The van der Waals surface area contributed by atoms with E-state index in [1.54, 1.807) is 18.3 Å². The van der Waals surface area contributed by atoms with Crippen molar-refractivity contribution in [3.05, 3.63) is 64.2 Å². The number of aromatic amines is 1. The number of anilines is 2. The zero-order valence-corrected chi connectivity index (χ0v) is 17.0. The highest BCUT2D eigenvalue weighted by Crippen LogP contribution is 2.27. The quantitative estimate of drug-likeness (QED) is 0.586. The third kappa shape index (κ3) is 4.03. The van der Waals surface area contributed by atoms with E-state index in [4.69, 9.17) is 4.98 Å². The molecule has 0 radical (unpaired) electrons. The Hall–Kier alpha value is -3.68. The largest absolute Gasteiger partial charge is 0.352 e. The number of likely N-dealkylation sites (N-methyl/N-ethyl adjacent to an activating group) is 1. The molecule has 0 saturated heterocycles. The summed E-state index contributed by atoms with van der Waals surface area (Å²) >= 11 is 0. The van der Waals surface area contributed by atoms with Crippen LogP contribution >= 0.6 is 0 Å². The third-order valence-electron chi connectivity index (χ3n) is 5.00. The lowest BCUT2D eigenvalue weighted by Crippen LogP contribution is -2.23. The van der Waals surface area contributed by atoms with Crippen LogP contribution in [0, 0.1) is 0 Å². The van der Waals surface area contributed by atoms with E-state index in [9.17, 15) is 9.59 Å². The van der Waals surface area contributed by atoms with Gasteiger partial charge in [0.2, 0.25) is 0 Å². The molecule has 1 aromatic carbocycles. The number of hydrogen-bond donors (Lipinski definition) is 3. The SMILES string of the molecule is CCCNC(=O)c1ccc(Nc2nc(C3C=NN(C)C3)cc3cc[nH]c(=O)c23)cc1. The number of H-pyrrole nitrogens is 1. The summed E-state index contributed by atoms with van der Waals surface area (Å²) in [4.78, 5) is 32.1. The first-order valence-corrected chi connectivity index (χ1v) is 9.98. The number of hydrogen-bond acceptors (Lipinski definition) is 6. The molecule has 1 amide bonds. The first kappa shape index (κ1) is 19.6. The van der Waals surface area contributed by atoms with Gasteiger partial charge in [0.15, 0.2) is 0 Å². The van der Waals surface area contributed by atoms with Crippen molar-refractivity contribution >= 4 is 34.4 Å². The number of nitrogens with zero attached hydrogens (tertiary/aromatic N) is 3. The van der Waals surface area contributed by atoms with Gasteiger partial charge in [-0.3, -0.25) is 14.6 Å². The van der Waals surface area contributed by atoms with Gasteiger partial charge in [-0.25, -0.2) is 4.98 Å². The van der Waals surface area contributed by atoms with Crippen LogP contribution in [-0.2, 0) is 0 Å². The number of benzene rings is 1. The van der Waals surface area contributed by atoms with E-state index in [1.165, 1.54) is 0 Å². The maximum absolute atomic E-state index is 12.5. The number of aromatic nitrogens is 2. The highest BCUT2D eigenvalue weighted by atomic mass is 16.1. The molecule has 4 rings (SSSR count). The molecule has 0 fully saturated rings. The molecule has 0 aliphatic carbocycles. The number of amides is 1. The highest BCUT2D eigenvalue weighted by Gasteiger charge is 2.20. The maximum atomic E-state index is 12.5. The van der Waals surface area contributed by atoms with Crippen molar-refractivity contribution in [2.45, 2.75) is 19.3 Å². The zero-order chi connectivity index (χ0) is 21.1. The molecular weight excluding hydrogens is 380 g/mol. The Morgan fingerprint density at radius 2 is 2.07 bits per heavy atom. The second-order valence-electron chi connectivity index (χ2n) is 7.34. The fourth-order valence-corrected chi connectivity index (χ4v) is 3.44. The summed E-state index contributed by atoms with van der Waals surface area (Å²) in [5, 5.41) is 13.6. The van der Waals surface area contributed by atoms with Gasteiger partial charge < -0.3 is 15.6 Å². The van der Waals surface area contributed by atoms with Crippen LogP contribution in [0.5, 0.6) is 0 Å². The Balaban J connectivity index is 1.67. The summed E-state index contributed by atoms with van der Waals surface area (Å²) in [5.74, 6) is 0.439. The van der Waals surface area contributed by atoms with Gasteiger partial charge in [-0.05, 0) is 48.2 Å². The molecule has 3 aromatic rings. The predicted molar refractivity (Wildman–Crippen MR) is 119 cm³/mol. The van der Waals surface area contributed by atoms with E-state index in [1.807, 2.05) is 49.5 Å². The van der Waals surface area contributed by atoms with Crippen molar-refractivity contribution in [2.75, 3.05) is 25.5 Å². The van der Waals surface area contributed by atoms with Crippen LogP contribution in [0.15, 0.2) is 52.5 Å². The van der Waals surface area contributed by atoms with Crippen LogP contribution < -0.4 is 16.2 Å². The molecule has 3 N–H and O–H groups in total. The normalized spacial score (nSPS) is 15.5. The molecule has 8 heteroatoms. The number of rotatable bonds is 6. The second kappa shape index (κ2) is 8.36. The number of pyridine rings is 2. The number of carbonyl (C=O) groups excluding carboxylic acids is 1. The average molecular weight is 404 g/mol. The summed E-state index contributed by atoms with van der Waals surface area (Å²) in [7, 11) is 1.92. The topological polar surface area (TPSA) is 102 Å². The summed E-state index contributed by atoms with van der Waals surface area (Å²) in [5.41, 5.74) is 1.97. The fraction of sp³-hybridized carbons (Fsp3) is 0.273. The Kier molecular flexibility index (Phi) is 5.47. The minimum atomic E-state index is -0.207. The summed E-state index contributed by atoms with van der Waals surface area (Å²) in [6.07, 6.45) is 4.39. The molecule has 30 heavy (non-hydrogen) atoms. The third-order valence-corrected chi connectivity index (χ3v) is 5.00. The van der Waals surface area contributed by atoms with Gasteiger partial charge in [0.05, 0.1) is 17.0 Å². The van der Waals surface area contributed by atoms with E-state index in [0.29, 0.717) is 23.3 Å². The van der Waals surface area contributed by atoms with Gasteiger partial charge in [-0.1, -0.05) is 6.92 Å². The van der Waals surface area contributed by atoms with E-state index >= 15 is 0 Å². The van der Waals surface area contributed by atoms with Crippen molar-refractivity contribution < 1.29 is 4.79 Å². The lowest BCUT2D eigenvalue weighted by atomic mass is 10.0. The van der Waals surface area contributed by atoms with Crippen molar-refractivity contribution in [1.29, 1.82) is 0 Å². The molecule has 1 atom stereocenters. The number of fused-ring (bicyclic) bond motifs is 1. The zero-order valence-electron chi connectivity index (χ0n) is 17.0. The summed E-state index contributed by atoms with van der Waals surface area (Å²) in [6, 6.07) is 10.9. The van der Waals surface area contributed by atoms with Crippen LogP contribution in [0.4, 0.5) is 11.5 Å². The minimum Gasteiger partial charge on any atom is -0.352 e. The Morgan fingerprint density at radius 3 is 2.77 bits per heavy atom. The van der Waals surface area contributed by atoms with Crippen LogP contribution in [0.25, 0.3) is 10.8 Å². The van der Waals surface area contributed by atoms with Crippen LogP contribution in [0.1, 0.15) is 35.3 Å². The Labute approximate surface area is 174 Å². The van der Waals surface area contributed by atoms with Gasteiger partial charge in [0.1, 0.15) is 5.82 Å². The molecular formula is C22H24N6O2. The van der Waals surface area contributed by atoms with Crippen molar-refractivity contribution in [1.82, 2.24) is 20.3 Å². The van der Waals surface area contributed by atoms with Gasteiger partial charge in [-0.15, -0.1) is 0 Å². The molecule has 8 nitrogen and oxygen atoms in total. The van der Waals surface area contributed by atoms with E-state index < -0.39 is 0 Å².